The van der Waals surface area contributed by atoms with Gasteiger partial charge in [-0.3, -0.25) is 9.71 Å². The highest BCUT2D eigenvalue weighted by Crippen LogP contribution is 2.32. The Kier molecular flexibility index (Phi) is 6.64. The van der Waals surface area contributed by atoms with Crippen molar-refractivity contribution in [2.75, 3.05) is 11.3 Å². The predicted octanol–water partition coefficient (Wildman–Crippen LogP) is 4.07. The van der Waals surface area contributed by atoms with Crippen LogP contribution in [-0.4, -0.2) is 35.2 Å². The van der Waals surface area contributed by atoms with Crippen molar-refractivity contribution >= 4 is 26.5 Å². The Morgan fingerprint density at radius 2 is 2.03 bits per heavy atom. The van der Waals surface area contributed by atoms with Crippen molar-refractivity contribution in [3.05, 3.63) is 53.0 Å². The van der Waals surface area contributed by atoms with E-state index in [1.54, 1.807) is 23.7 Å². The summed E-state index contributed by atoms with van der Waals surface area (Å²) < 4.78 is 47.0. The molecule has 8 nitrogen and oxygen atoms in total. The number of thiazole rings is 1. The third-order valence-electron chi connectivity index (χ3n) is 5.31. The topological polar surface area (TPSA) is 106 Å². The van der Waals surface area contributed by atoms with E-state index in [-0.39, 0.29) is 17.6 Å². The fourth-order valence-corrected chi connectivity index (χ4v) is 5.63. The van der Waals surface area contributed by atoms with Crippen molar-refractivity contribution in [1.82, 2.24) is 20.3 Å². The number of halogens is 1. The van der Waals surface area contributed by atoms with Crippen LogP contribution in [0.1, 0.15) is 44.9 Å². The second kappa shape index (κ2) is 9.32. The lowest BCUT2D eigenvalue weighted by atomic mass is 10.0. The Bertz CT molecular complexity index is 1240. The highest BCUT2D eigenvalue weighted by molar-refractivity contribution is 7.93. The summed E-state index contributed by atoms with van der Waals surface area (Å²) in [6.07, 6.45) is 4.46. The van der Waals surface area contributed by atoms with Crippen LogP contribution < -0.4 is 14.8 Å². The molecular weight excluding hydrogens is 465 g/mol. The summed E-state index contributed by atoms with van der Waals surface area (Å²) in [5.74, 6) is 0.0283. The van der Waals surface area contributed by atoms with E-state index in [2.05, 4.69) is 25.0 Å². The molecule has 4 rings (SSSR count). The van der Waals surface area contributed by atoms with Gasteiger partial charge in [0, 0.05) is 23.1 Å². The SMILES string of the molecule is CCOc1cncc(-c2ccc(CNC(C)(C)c3csc(NS(=O)(=O)C4CC4)n3)c(F)c2)n1. The zero-order chi connectivity index (χ0) is 23.6. The minimum Gasteiger partial charge on any atom is -0.477 e. The lowest BCUT2D eigenvalue weighted by Crippen LogP contribution is -2.36. The van der Waals surface area contributed by atoms with E-state index < -0.39 is 15.6 Å². The van der Waals surface area contributed by atoms with Crippen LogP contribution in [0, 0.1) is 5.82 Å². The summed E-state index contributed by atoms with van der Waals surface area (Å²) in [4.78, 5) is 12.9. The highest BCUT2D eigenvalue weighted by Gasteiger charge is 2.36. The van der Waals surface area contributed by atoms with E-state index in [1.165, 1.54) is 23.6 Å². The molecular formula is C22H26FN5O3S2. The molecule has 2 aromatic heterocycles. The monoisotopic (exact) mass is 491 g/mol. The van der Waals surface area contributed by atoms with E-state index in [9.17, 15) is 12.8 Å². The average molecular weight is 492 g/mol. The van der Waals surface area contributed by atoms with Crippen LogP contribution in [0.3, 0.4) is 0 Å². The molecule has 176 valence electrons. The Morgan fingerprint density at radius 3 is 2.73 bits per heavy atom. The van der Waals surface area contributed by atoms with Crippen LogP contribution in [0.2, 0.25) is 0 Å². The average Bonchev–Trinajstić information content (AvgIpc) is 3.54. The third kappa shape index (κ3) is 5.66. The van der Waals surface area contributed by atoms with Gasteiger partial charge in [-0.15, -0.1) is 11.3 Å². The van der Waals surface area contributed by atoms with Crippen molar-refractivity contribution in [3.8, 4) is 17.1 Å². The molecule has 1 aliphatic carbocycles. The molecule has 33 heavy (non-hydrogen) atoms. The van der Waals surface area contributed by atoms with E-state index in [0.29, 0.717) is 53.0 Å². The smallest absolute Gasteiger partial charge is 0.237 e. The molecule has 1 fully saturated rings. The first kappa shape index (κ1) is 23.5. The summed E-state index contributed by atoms with van der Waals surface area (Å²) in [5.41, 5.74) is 1.72. The summed E-state index contributed by atoms with van der Waals surface area (Å²) >= 11 is 1.24. The van der Waals surface area contributed by atoms with E-state index in [1.807, 2.05) is 20.8 Å². The molecule has 1 aliphatic rings. The van der Waals surface area contributed by atoms with Gasteiger partial charge in [-0.2, -0.15) is 0 Å². The Labute approximate surface area is 196 Å². The quantitative estimate of drug-likeness (QED) is 0.440. The van der Waals surface area contributed by atoms with Gasteiger partial charge in [-0.25, -0.2) is 22.8 Å². The minimum absolute atomic E-state index is 0.268. The molecule has 0 radical (unpaired) electrons. The first-order valence-corrected chi connectivity index (χ1v) is 13.1. The molecule has 2 heterocycles. The van der Waals surface area contributed by atoms with Crippen molar-refractivity contribution in [1.29, 1.82) is 0 Å². The molecule has 2 N–H and O–H groups in total. The summed E-state index contributed by atoms with van der Waals surface area (Å²) in [7, 11) is -3.36. The van der Waals surface area contributed by atoms with Gasteiger partial charge in [0.05, 0.1) is 41.2 Å². The molecule has 0 aliphatic heterocycles. The summed E-state index contributed by atoms with van der Waals surface area (Å²) in [5, 5.41) is 5.15. The molecule has 1 aromatic carbocycles. The lowest BCUT2D eigenvalue weighted by molar-refractivity contribution is 0.325. The van der Waals surface area contributed by atoms with Gasteiger partial charge in [-0.05, 0) is 39.7 Å². The Balaban J connectivity index is 1.42. The molecule has 1 saturated carbocycles. The van der Waals surface area contributed by atoms with E-state index >= 15 is 0 Å². The maximum atomic E-state index is 14.8. The maximum absolute atomic E-state index is 14.8. The number of nitrogens with zero attached hydrogens (tertiary/aromatic N) is 3. The van der Waals surface area contributed by atoms with Gasteiger partial charge in [0.25, 0.3) is 0 Å². The second-order valence-corrected chi connectivity index (χ2v) is 11.2. The standard InChI is InChI=1S/C22H26FN5O3S2/c1-4-31-20-12-24-11-18(26-20)14-5-6-15(17(23)9-14)10-25-22(2,3)19-13-32-21(27-19)28-33(29,30)16-7-8-16/h5-6,9,11-13,16,25H,4,7-8,10H2,1-3H3,(H,27,28). The van der Waals surface area contributed by atoms with Gasteiger partial charge in [-0.1, -0.05) is 12.1 Å². The zero-order valence-electron chi connectivity index (χ0n) is 18.6. The molecule has 0 bridgehead atoms. The molecule has 0 amide bonds. The summed E-state index contributed by atoms with van der Waals surface area (Å²) in [6, 6.07) is 4.93. The molecule has 11 heteroatoms. The molecule has 0 atom stereocenters. The molecule has 0 unspecified atom stereocenters. The minimum atomic E-state index is -3.36. The lowest BCUT2D eigenvalue weighted by Gasteiger charge is -2.24. The zero-order valence-corrected chi connectivity index (χ0v) is 20.3. The van der Waals surface area contributed by atoms with Crippen molar-refractivity contribution in [2.45, 2.75) is 50.9 Å². The van der Waals surface area contributed by atoms with Crippen LogP contribution in [-0.2, 0) is 22.1 Å². The third-order valence-corrected chi connectivity index (χ3v) is 8.03. The number of hydrogen-bond acceptors (Lipinski definition) is 8. The van der Waals surface area contributed by atoms with Gasteiger partial charge in [0.2, 0.25) is 15.9 Å². The molecule has 0 spiro atoms. The number of rotatable bonds is 10. The normalized spacial score (nSPS) is 14.3. The first-order valence-electron chi connectivity index (χ1n) is 10.6. The second-order valence-electron chi connectivity index (χ2n) is 8.34. The molecule has 0 saturated heterocycles. The number of aromatic nitrogens is 3. The maximum Gasteiger partial charge on any atom is 0.237 e. The number of ether oxygens (including phenoxy) is 1. The van der Waals surface area contributed by atoms with Gasteiger partial charge < -0.3 is 10.1 Å². The van der Waals surface area contributed by atoms with Crippen molar-refractivity contribution in [3.63, 3.8) is 0 Å². The fraction of sp³-hybridized carbons (Fsp3) is 0.409. The van der Waals surface area contributed by atoms with Gasteiger partial charge >= 0.3 is 0 Å². The Hall–Kier alpha value is -2.63. The fourth-order valence-electron chi connectivity index (χ4n) is 3.15. The first-order chi connectivity index (χ1) is 15.7. The predicted molar refractivity (Wildman–Crippen MR) is 126 cm³/mol. The number of nitrogens with one attached hydrogen (secondary N) is 2. The van der Waals surface area contributed by atoms with E-state index in [0.717, 1.165) is 0 Å². The van der Waals surface area contributed by atoms with Crippen LogP contribution >= 0.6 is 11.3 Å². The van der Waals surface area contributed by atoms with Crippen LogP contribution in [0.4, 0.5) is 9.52 Å². The van der Waals surface area contributed by atoms with Gasteiger partial charge in [0.1, 0.15) is 5.82 Å². The largest absolute Gasteiger partial charge is 0.477 e. The van der Waals surface area contributed by atoms with E-state index in [4.69, 9.17) is 4.74 Å². The number of anilines is 1. The Morgan fingerprint density at radius 1 is 1.24 bits per heavy atom. The van der Waals surface area contributed by atoms with Crippen molar-refractivity contribution in [2.24, 2.45) is 0 Å². The number of benzene rings is 1. The van der Waals surface area contributed by atoms with Crippen LogP contribution in [0.15, 0.2) is 36.0 Å². The van der Waals surface area contributed by atoms with Crippen LogP contribution in [0.25, 0.3) is 11.3 Å². The number of sulfonamides is 1. The number of hydrogen-bond donors (Lipinski definition) is 2. The van der Waals surface area contributed by atoms with Crippen molar-refractivity contribution < 1.29 is 17.5 Å². The van der Waals surface area contributed by atoms with Gasteiger partial charge in [0.15, 0.2) is 5.13 Å². The van der Waals surface area contributed by atoms with Crippen LogP contribution in [0.5, 0.6) is 5.88 Å². The molecule has 3 aromatic rings. The highest BCUT2D eigenvalue weighted by atomic mass is 32.2. The summed E-state index contributed by atoms with van der Waals surface area (Å²) in [6.45, 7) is 6.44.